The first-order valence-corrected chi connectivity index (χ1v) is 5.51. The maximum Gasteiger partial charge on any atom is 0.0807 e. The fourth-order valence-electron chi connectivity index (χ4n) is 1.99. The maximum atomic E-state index is 9.96. The molecule has 0 fully saturated rings. The minimum atomic E-state index is -0.506. The zero-order valence-electron chi connectivity index (χ0n) is 9.47. The summed E-state index contributed by atoms with van der Waals surface area (Å²) < 4.78 is 0. The van der Waals surface area contributed by atoms with E-state index in [2.05, 4.69) is 0 Å². The van der Waals surface area contributed by atoms with Gasteiger partial charge in [0.05, 0.1) is 6.10 Å². The first kappa shape index (κ1) is 12.5. The van der Waals surface area contributed by atoms with Crippen LogP contribution in [0.1, 0.15) is 34.8 Å². The summed E-state index contributed by atoms with van der Waals surface area (Å²) in [5, 5.41) is 10.7. The van der Waals surface area contributed by atoms with Crippen molar-refractivity contribution in [1.29, 1.82) is 0 Å². The summed E-state index contributed by atoms with van der Waals surface area (Å²) in [4.78, 5) is 0. The molecule has 0 saturated heterocycles. The average molecular weight is 228 g/mol. The zero-order chi connectivity index (χ0) is 11.6. The standard InChI is InChI=1S/C12H18ClNO/c1-7-6-8(2)12(13)9(3)11(7)10(15)4-5-14/h6,10,15H,4-5,14H2,1-3H3. The van der Waals surface area contributed by atoms with Crippen molar-refractivity contribution in [3.8, 4) is 0 Å². The van der Waals surface area contributed by atoms with Gasteiger partial charge in [-0.05, 0) is 56.0 Å². The van der Waals surface area contributed by atoms with Crippen LogP contribution in [0, 0.1) is 20.8 Å². The van der Waals surface area contributed by atoms with Crippen molar-refractivity contribution in [1.82, 2.24) is 0 Å². The number of aliphatic hydroxyl groups is 1. The second kappa shape index (κ2) is 4.97. The minimum Gasteiger partial charge on any atom is -0.388 e. The van der Waals surface area contributed by atoms with Crippen LogP contribution < -0.4 is 5.73 Å². The van der Waals surface area contributed by atoms with Crippen LogP contribution in [0.4, 0.5) is 0 Å². The molecule has 0 saturated carbocycles. The Balaban J connectivity index is 3.23. The number of aryl methyl sites for hydroxylation is 2. The Morgan fingerprint density at radius 1 is 1.33 bits per heavy atom. The molecule has 1 aromatic rings. The predicted molar refractivity (Wildman–Crippen MR) is 64.3 cm³/mol. The minimum absolute atomic E-state index is 0.478. The molecule has 2 nitrogen and oxygen atoms in total. The van der Waals surface area contributed by atoms with E-state index in [0.29, 0.717) is 13.0 Å². The van der Waals surface area contributed by atoms with Crippen molar-refractivity contribution in [2.75, 3.05) is 6.54 Å². The van der Waals surface area contributed by atoms with Crippen molar-refractivity contribution in [2.45, 2.75) is 33.3 Å². The van der Waals surface area contributed by atoms with E-state index < -0.39 is 6.10 Å². The van der Waals surface area contributed by atoms with Gasteiger partial charge < -0.3 is 10.8 Å². The molecule has 3 N–H and O–H groups in total. The Morgan fingerprint density at radius 3 is 2.47 bits per heavy atom. The molecule has 1 unspecified atom stereocenters. The van der Waals surface area contributed by atoms with E-state index in [0.717, 1.165) is 27.3 Å². The fraction of sp³-hybridized carbons (Fsp3) is 0.500. The summed E-state index contributed by atoms with van der Waals surface area (Å²) in [6.07, 6.45) is 0.0641. The molecule has 84 valence electrons. The lowest BCUT2D eigenvalue weighted by molar-refractivity contribution is 0.169. The number of halogens is 1. The van der Waals surface area contributed by atoms with Crippen LogP contribution in [0.2, 0.25) is 5.02 Å². The lowest BCUT2D eigenvalue weighted by atomic mass is 9.94. The molecule has 0 aliphatic carbocycles. The molecule has 15 heavy (non-hydrogen) atoms. The number of nitrogens with two attached hydrogens (primary N) is 1. The second-order valence-corrected chi connectivity index (χ2v) is 4.33. The predicted octanol–water partition coefficient (Wildman–Crippen LogP) is 2.65. The van der Waals surface area contributed by atoms with Gasteiger partial charge in [0.2, 0.25) is 0 Å². The summed E-state index contributed by atoms with van der Waals surface area (Å²) in [6, 6.07) is 2.00. The topological polar surface area (TPSA) is 46.2 Å². The van der Waals surface area contributed by atoms with Gasteiger partial charge in [-0.25, -0.2) is 0 Å². The van der Waals surface area contributed by atoms with Gasteiger partial charge in [0.1, 0.15) is 0 Å². The van der Waals surface area contributed by atoms with E-state index in [1.165, 1.54) is 0 Å². The Hall–Kier alpha value is -0.570. The Labute approximate surface area is 96.1 Å². The van der Waals surface area contributed by atoms with Gasteiger partial charge in [0, 0.05) is 5.02 Å². The lowest BCUT2D eigenvalue weighted by Crippen LogP contribution is -2.10. The van der Waals surface area contributed by atoms with Crippen LogP contribution >= 0.6 is 11.6 Å². The summed E-state index contributed by atoms with van der Waals surface area (Å²) in [5.74, 6) is 0. The highest BCUT2D eigenvalue weighted by atomic mass is 35.5. The first-order valence-electron chi connectivity index (χ1n) is 5.13. The quantitative estimate of drug-likeness (QED) is 0.834. The number of hydrogen-bond donors (Lipinski definition) is 2. The molecule has 0 aliphatic rings. The largest absolute Gasteiger partial charge is 0.388 e. The van der Waals surface area contributed by atoms with E-state index in [1.807, 2.05) is 26.8 Å². The zero-order valence-corrected chi connectivity index (χ0v) is 10.2. The number of rotatable bonds is 3. The fourth-order valence-corrected chi connectivity index (χ4v) is 2.15. The van der Waals surface area contributed by atoms with Crippen molar-refractivity contribution in [3.05, 3.63) is 33.3 Å². The molecule has 0 aromatic heterocycles. The highest BCUT2D eigenvalue weighted by molar-refractivity contribution is 6.32. The van der Waals surface area contributed by atoms with Crippen molar-refractivity contribution >= 4 is 11.6 Å². The Morgan fingerprint density at radius 2 is 1.93 bits per heavy atom. The van der Waals surface area contributed by atoms with Gasteiger partial charge in [-0.2, -0.15) is 0 Å². The maximum absolute atomic E-state index is 9.96. The molecule has 0 radical (unpaired) electrons. The van der Waals surface area contributed by atoms with E-state index in [4.69, 9.17) is 17.3 Å². The van der Waals surface area contributed by atoms with Gasteiger partial charge in [0.25, 0.3) is 0 Å². The highest BCUT2D eigenvalue weighted by Crippen LogP contribution is 2.31. The van der Waals surface area contributed by atoms with Crippen LogP contribution in [0.25, 0.3) is 0 Å². The average Bonchev–Trinajstić information content (AvgIpc) is 2.15. The van der Waals surface area contributed by atoms with Gasteiger partial charge >= 0.3 is 0 Å². The molecular formula is C12H18ClNO. The summed E-state index contributed by atoms with van der Waals surface area (Å²) in [5.41, 5.74) is 9.47. The first-order chi connectivity index (χ1) is 6.99. The summed E-state index contributed by atoms with van der Waals surface area (Å²) in [6.45, 7) is 6.38. The Bertz CT molecular complexity index is 363. The van der Waals surface area contributed by atoms with E-state index >= 15 is 0 Å². The molecule has 1 atom stereocenters. The number of hydrogen-bond acceptors (Lipinski definition) is 2. The molecule has 0 spiro atoms. The van der Waals surface area contributed by atoms with Crippen LogP contribution in [0.3, 0.4) is 0 Å². The third-order valence-electron chi connectivity index (χ3n) is 2.71. The van der Waals surface area contributed by atoms with Crippen molar-refractivity contribution in [2.24, 2.45) is 5.73 Å². The molecule has 0 amide bonds. The van der Waals surface area contributed by atoms with Gasteiger partial charge in [0.15, 0.2) is 0 Å². The van der Waals surface area contributed by atoms with Crippen LogP contribution in [-0.2, 0) is 0 Å². The molecule has 0 aliphatic heterocycles. The van der Waals surface area contributed by atoms with E-state index in [9.17, 15) is 5.11 Å². The Kier molecular flexibility index (Phi) is 4.14. The summed E-state index contributed by atoms with van der Waals surface area (Å²) >= 11 is 6.16. The van der Waals surface area contributed by atoms with E-state index in [-0.39, 0.29) is 0 Å². The molecule has 1 rings (SSSR count). The smallest absolute Gasteiger partial charge is 0.0807 e. The number of benzene rings is 1. The van der Waals surface area contributed by atoms with E-state index in [1.54, 1.807) is 0 Å². The third-order valence-corrected chi connectivity index (χ3v) is 3.29. The SMILES string of the molecule is Cc1cc(C)c(C(O)CCN)c(C)c1Cl. The van der Waals surface area contributed by atoms with Crippen LogP contribution in [0.5, 0.6) is 0 Å². The third kappa shape index (κ3) is 2.51. The monoisotopic (exact) mass is 227 g/mol. The van der Waals surface area contributed by atoms with Gasteiger partial charge in [-0.1, -0.05) is 17.7 Å². The molecule has 0 heterocycles. The van der Waals surface area contributed by atoms with Crippen LogP contribution in [0.15, 0.2) is 6.07 Å². The molecule has 0 bridgehead atoms. The number of aliphatic hydroxyl groups excluding tert-OH is 1. The molecule has 1 aromatic carbocycles. The normalized spacial score (nSPS) is 12.9. The van der Waals surface area contributed by atoms with Crippen LogP contribution in [-0.4, -0.2) is 11.7 Å². The summed E-state index contributed by atoms with van der Waals surface area (Å²) in [7, 11) is 0. The molecule has 3 heteroatoms. The van der Waals surface area contributed by atoms with Gasteiger partial charge in [-0.15, -0.1) is 0 Å². The lowest BCUT2D eigenvalue weighted by Gasteiger charge is -2.18. The second-order valence-electron chi connectivity index (χ2n) is 3.96. The van der Waals surface area contributed by atoms with Crippen molar-refractivity contribution in [3.63, 3.8) is 0 Å². The van der Waals surface area contributed by atoms with Gasteiger partial charge in [-0.3, -0.25) is 0 Å². The molecular weight excluding hydrogens is 210 g/mol. The van der Waals surface area contributed by atoms with Crippen molar-refractivity contribution < 1.29 is 5.11 Å². The highest BCUT2D eigenvalue weighted by Gasteiger charge is 2.15.